The fourth-order valence-corrected chi connectivity index (χ4v) is 2.23. The molecule has 2 aromatic rings. The SMILES string of the molecule is COc1ccccc1-n1nc(CNCC(C)C)c(=O)cc1C. The van der Waals surface area contributed by atoms with Crippen molar-refractivity contribution < 1.29 is 4.74 Å². The second-order valence-electron chi connectivity index (χ2n) is 5.71. The third-order valence-electron chi connectivity index (χ3n) is 3.34. The molecule has 0 atom stereocenters. The van der Waals surface area contributed by atoms with Crippen LogP contribution in [-0.4, -0.2) is 23.4 Å². The third kappa shape index (κ3) is 3.74. The van der Waals surface area contributed by atoms with Crippen LogP contribution in [0.4, 0.5) is 0 Å². The second kappa shape index (κ2) is 7.22. The zero-order valence-corrected chi connectivity index (χ0v) is 13.6. The molecule has 0 bridgehead atoms. The predicted molar refractivity (Wildman–Crippen MR) is 87.7 cm³/mol. The Labute approximate surface area is 130 Å². The molecule has 0 aliphatic carbocycles. The summed E-state index contributed by atoms with van der Waals surface area (Å²) in [5.41, 5.74) is 2.08. The summed E-state index contributed by atoms with van der Waals surface area (Å²) in [7, 11) is 1.63. The molecule has 1 aromatic carbocycles. The molecule has 118 valence electrons. The first-order valence-electron chi connectivity index (χ1n) is 7.47. The first-order chi connectivity index (χ1) is 10.5. The highest BCUT2D eigenvalue weighted by Crippen LogP contribution is 2.21. The zero-order valence-electron chi connectivity index (χ0n) is 13.6. The maximum atomic E-state index is 12.1. The molecule has 0 saturated heterocycles. The standard InChI is InChI=1S/C17H23N3O2/c1-12(2)10-18-11-14-16(21)9-13(3)20(19-14)15-7-5-6-8-17(15)22-4/h5-9,12,18H,10-11H2,1-4H3. The van der Waals surface area contributed by atoms with Gasteiger partial charge < -0.3 is 10.1 Å². The summed E-state index contributed by atoms with van der Waals surface area (Å²) in [6, 6.07) is 9.25. The zero-order chi connectivity index (χ0) is 16.1. The van der Waals surface area contributed by atoms with Gasteiger partial charge in [-0.05, 0) is 31.5 Å². The van der Waals surface area contributed by atoms with Gasteiger partial charge in [-0.1, -0.05) is 26.0 Å². The Kier molecular flexibility index (Phi) is 5.33. The molecular formula is C17H23N3O2. The number of nitrogens with zero attached hydrogens (tertiary/aromatic N) is 2. The molecule has 1 heterocycles. The summed E-state index contributed by atoms with van der Waals surface area (Å²) < 4.78 is 7.14. The maximum Gasteiger partial charge on any atom is 0.204 e. The van der Waals surface area contributed by atoms with Crippen LogP contribution in [-0.2, 0) is 6.54 Å². The van der Waals surface area contributed by atoms with Crippen molar-refractivity contribution in [3.05, 3.63) is 51.9 Å². The number of methoxy groups -OCH3 is 1. The van der Waals surface area contributed by atoms with E-state index in [0.717, 1.165) is 23.7 Å². The van der Waals surface area contributed by atoms with Gasteiger partial charge in [0.1, 0.15) is 17.1 Å². The molecule has 0 fully saturated rings. The fraction of sp³-hybridized carbons (Fsp3) is 0.412. The summed E-state index contributed by atoms with van der Waals surface area (Å²) in [6.07, 6.45) is 0. The van der Waals surface area contributed by atoms with Crippen LogP contribution in [0.15, 0.2) is 35.1 Å². The van der Waals surface area contributed by atoms with Gasteiger partial charge in [0.15, 0.2) is 0 Å². The molecule has 0 saturated carbocycles. The molecule has 0 aliphatic rings. The molecule has 0 aliphatic heterocycles. The van der Waals surface area contributed by atoms with Gasteiger partial charge in [-0.15, -0.1) is 0 Å². The molecule has 5 heteroatoms. The van der Waals surface area contributed by atoms with E-state index in [1.165, 1.54) is 0 Å². The van der Waals surface area contributed by atoms with Gasteiger partial charge in [-0.25, -0.2) is 4.68 Å². The molecule has 1 N–H and O–H groups in total. The van der Waals surface area contributed by atoms with Gasteiger partial charge in [-0.2, -0.15) is 5.10 Å². The summed E-state index contributed by atoms with van der Waals surface area (Å²) in [5.74, 6) is 1.25. The van der Waals surface area contributed by atoms with E-state index in [9.17, 15) is 4.79 Å². The number of nitrogens with one attached hydrogen (secondary N) is 1. The Morgan fingerprint density at radius 1 is 1.32 bits per heavy atom. The highest BCUT2D eigenvalue weighted by Gasteiger charge is 2.11. The van der Waals surface area contributed by atoms with Gasteiger partial charge in [-0.3, -0.25) is 4.79 Å². The average Bonchev–Trinajstić information content (AvgIpc) is 2.49. The van der Waals surface area contributed by atoms with E-state index in [1.807, 2.05) is 31.2 Å². The largest absolute Gasteiger partial charge is 0.494 e. The lowest BCUT2D eigenvalue weighted by atomic mass is 10.2. The topological polar surface area (TPSA) is 56.1 Å². The van der Waals surface area contributed by atoms with Crippen molar-refractivity contribution in [2.75, 3.05) is 13.7 Å². The van der Waals surface area contributed by atoms with E-state index in [0.29, 0.717) is 18.2 Å². The Hall–Kier alpha value is -2.14. The minimum atomic E-state index is -0.0418. The van der Waals surface area contributed by atoms with Gasteiger partial charge in [0.2, 0.25) is 5.43 Å². The fourth-order valence-electron chi connectivity index (χ4n) is 2.23. The maximum absolute atomic E-state index is 12.1. The molecule has 2 rings (SSSR count). The number of aromatic nitrogens is 2. The summed E-state index contributed by atoms with van der Waals surface area (Å²) in [4.78, 5) is 12.1. The van der Waals surface area contributed by atoms with Crippen LogP contribution < -0.4 is 15.5 Å². The minimum absolute atomic E-state index is 0.0418. The van der Waals surface area contributed by atoms with Gasteiger partial charge in [0.05, 0.1) is 7.11 Å². The van der Waals surface area contributed by atoms with Crippen molar-refractivity contribution in [3.8, 4) is 11.4 Å². The van der Waals surface area contributed by atoms with Crippen LogP contribution in [0.3, 0.4) is 0 Å². The van der Waals surface area contributed by atoms with Gasteiger partial charge >= 0.3 is 0 Å². The molecule has 1 aromatic heterocycles. The number of para-hydroxylation sites is 2. The number of aryl methyl sites for hydroxylation is 1. The third-order valence-corrected chi connectivity index (χ3v) is 3.34. The van der Waals surface area contributed by atoms with Crippen molar-refractivity contribution in [1.82, 2.24) is 15.1 Å². The van der Waals surface area contributed by atoms with E-state index in [1.54, 1.807) is 17.9 Å². The number of ether oxygens (including phenoxy) is 1. The molecule has 0 unspecified atom stereocenters. The van der Waals surface area contributed by atoms with Crippen LogP contribution in [0.1, 0.15) is 25.2 Å². The van der Waals surface area contributed by atoms with E-state index in [-0.39, 0.29) is 5.43 Å². The number of benzene rings is 1. The first-order valence-corrected chi connectivity index (χ1v) is 7.47. The number of hydrogen-bond donors (Lipinski definition) is 1. The second-order valence-corrected chi connectivity index (χ2v) is 5.71. The van der Waals surface area contributed by atoms with E-state index >= 15 is 0 Å². The monoisotopic (exact) mass is 301 g/mol. The Balaban J connectivity index is 2.38. The molecule has 5 nitrogen and oxygen atoms in total. The van der Waals surface area contributed by atoms with Crippen molar-refractivity contribution >= 4 is 0 Å². The van der Waals surface area contributed by atoms with Crippen LogP contribution in [0.5, 0.6) is 5.75 Å². The van der Waals surface area contributed by atoms with Crippen molar-refractivity contribution in [2.45, 2.75) is 27.3 Å². The predicted octanol–water partition coefficient (Wildman–Crippen LogP) is 2.30. The molecule has 0 radical (unpaired) electrons. The van der Waals surface area contributed by atoms with Crippen LogP contribution in [0.25, 0.3) is 5.69 Å². The Morgan fingerprint density at radius 3 is 2.73 bits per heavy atom. The van der Waals surface area contributed by atoms with Crippen molar-refractivity contribution in [3.63, 3.8) is 0 Å². The van der Waals surface area contributed by atoms with Crippen molar-refractivity contribution in [2.24, 2.45) is 5.92 Å². The smallest absolute Gasteiger partial charge is 0.204 e. The van der Waals surface area contributed by atoms with Crippen LogP contribution in [0, 0.1) is 12.8 Å². The van der Waals surface area contributed by atoms with E-state index in [2.05, 4.69) is 24.3 Å². The lowest BCUT2D eigenvalue weighted by Gasteiger charge is -2.14. The summed E-state index contributed by atoms with van der Waals surface area (Å²) in [5, 5.41) is 7.77. The number of rotatable bonds is 6. The quantitative estimate of drug-likeness (QED) is 0.889. The Morgan fingerprint density at radius 2 is 2.05 bits per heavy atom. The molecule has 0 amide bonds. The van der Waals surface area contributed by atoms with Crippen LogP contribution >= 0.6 is 0 Å². The normalized spacial score (nSPS) is 11.0. The number of hydrogen-bond acceptors (Lipinski definition) is 4. The molecular weight excluding hydrogens is 278 g/mol. The van der Waals surface area contributed by atoms with Crippen molar-refractivity contribution in [1.29, 1.82) is 0 Å². The minimum Gasteiger partial charge on any atom is -0.494 e. The van der Waals surface area contributed by atoms with Gasteiger partial charge in [0, 0.05) is 18.3 Å². The molecule has 22 heavy (non-hydrogen) atoms. The highest BCUT2D eigenvalue weighted by molar-refractivity contribution is 5.46. The summed E-state index contributed by atoms with van der Waals surface area (Å²) in [6.45, 7) is 7.44. The average molecular weight is 301 g/mol. The lowest BCUT2D eigenvalue weighted by Crippen LogP contribution is -2.26. The Bertz CT molecular complexity index is 693. The van der Waals surface area contributed by atoms with Crippen LogP contribution in [0.2, 0.25) is 0 Å². The van der Waals surface area contributed by atoms with E-state index in [4.69, 9.17) is 4.74 Å². The van der Waals surface area contributed by atoms with Gasteiger partial charge in [0.25, 0.3) is 0 Å². The molecule has 0 spiro atoms. The highest BCUT2D eigenvalue weighted by atomic mass is 16.5. The first kappa shape index (κ1) is 16.2. The summed E-state index contributed by atoms with van der Waals surface area (Å²) >= 11 is 0. The van der Waals surface area contributed by atoms with E-state index < -0.39 is 0 Å². The lowest BCUT2D eigenvalue weighted by molar-refractivity contribution is 0.411.